The first-order chi connectivity index (χ1) is 9.13. The van der Waals surface area contributed by atoms with Crippen LogP contribution in [0.15, 0.2) is 30.3 Å². The fourth-order valence-electron chi connectivity index (χ4n) is 2.46. The van der Waals surface area contributed by atoms with Gasteiger partial charge in [-0.15, -0.1) is 0 Å². The molecule has 0 spiro atoms. The Balaban J connectivity index is 3.36. The minimum atomic E-state index is -1.26. The van der Waals surface area contributed by atoms with Gasteiger partial charge in [0.2, 0.25) is 6.41 Å². The molecular weight excluding hydrogens is 242 g/mol. The maximum Gasteiger partial charge on any atom is 0.334 e. The Bertz CT molecular complexity index is 419. The van der Waals surface area contributed by atoms with Crippen LogP contribution in [0.25, 0.3) is 0 Å². The van der Waals surface area contributed by atoms with Crippen LogP contribution >= 0.6 is 0 Å². The SMILES string of the molecule is CCCN(C=O)C(CCC)(C(=O)O)c1ccccc1. The van der Waals surface area contributed by atoms with Crippen molar-refractivity contribution in [2.24, 2.45) is 0 Å². The highest BCUT2D eigenvalue weighted by Crippen LogP contribution is 2.33. The molecule has 0 saturated carbocycles. The maximum atomic E-state index is 11.9. The third-order valence-electron chi connectivity index (χ3n) is 3.30. The number of hydrogen-bond acceptors (Lipinski definition) is 2. The summed E-state index contributed by atoms with van der Waals surface area (Å²) in [4.78, 5) is 24.7. The zero-order valence-electron chi connectivity index (χ0n) is 11.5. The Morgan fingerprint density at radius 3 is 2.32 bits per heavy atom. The van der Waals surface area contributed by atoms with E-state index in [0.29, 0.717) is 31.4 Å². The summed E-state index contributed by atoms with van der Waals surface area (Å²) < 4.78 is 0. The largest absolute Gasteiger partial charge is 0.479 e. The average Bonchev–Trinajstić information content (AvgIpc) is 2.43. The predicted molar refractivity (Wildman–Crippen MR) is 73.7 cm³/mol. The first-order valence-corrected chi connectivity index (χ1v) is 6.64. The number of amides is 1. The summed E-state index contributed by atoms with van der Waals surface area (Å²) in [6.07, 6.45) is 2.48. The molecule has 0 aliphatic carbocycles. The molecule has 104 valence electrons. The number of carbonyl (C=O) groups is 2. The van der Waals surface area contributed by atoms with Crippen molar-refractivity contribution in [2.45, 2.75) is 38.6 Å². The van der Waals surface area contributed by atoms with Crippen molar-refractivity contribution in [3.05, 3.63) is 35.9 Å². The van der Waals surface area contributed by atoms with Gasteiger partial charge in [-0.1, -0.05) is 50.6 Å². The fourth-order valence-corrected chi connectivity index (χ4v) is 2.46. The molecular formula is C15H21NO3. The lowest BCUT2D eigenvalue weighted by Crippen LogP contribution is -2.51. The fraction of sp³-hybridized carbons (Fsp3) is 0.467. The molecule has 4 heteroatoms. The topological polar surface area (TPSA) is 57.6 Å². The molecule has 1 rings (SSSR count). The molecule has 0 aromatic heterocycles. The highest BCUT2D eigenvalue weighted by atomic mass is 16.4. The second-order valence-corrected chi connectivity index (χ2v) is 4.58. The molecule has 0 heterocycles. The zero-order valence-corrected chi connectivity index (χ0v) is 11.5. The predicted octanol–water partition coefficient (Wildman–Crippen LogP) is 2.64. The lowest BCUT2D eigenvalue weighted by atomic mass is 9.84. The van der Waals surface area contributed by atoms with Crippen molar-refractivity contribution >= 4 is 12.4 Å². The monoisotopic (exact) mass is 263 g/mol. The van der Waals surface area contributed by atoms with Gasteiger partial charge < -0.3 is 10.0 Å². The molecule has 19 heavy (non-hydrogen) atoms. The van der Waals surface area contributed by atoms with Crippen LogP contribution in [0.1, 0.15) is 38.7 Å². The van der Waals surface area contributed by atoms with Crippen molar-refractivity contribution in [3.8, 4) is 0 Å². The lowest BCUT2D eigenvalue weighted by molar-refractivity contribution is -0.157. The second kappa shape index (κ2) is 6.92. The van der Waals surface area contributed by atoms with Gasteiger partial charge in [0.25, 0.3) is 0 Å². The molecule has 1 unspecified atom stereocenters. The average molecular weight is 263 g/mol. The van der Waals surface area contributed by atoms with Gasteiger partial charge in [-0.05, 0) is 18.4 Å². The summed E-state index contributed by atoms with van der Waals surface area (Å²) in [5, 5.41) is 9.74. The molecule has 1 atom stereocenters. The number of carboxylic acid groups (broad SMARTS) is 1. The molecule has 1 aromatic carbocycles. The molecule has 0 bridgehead atoms. The van der Waals surface area contributed by atoms with Crippen molar-refractivity contribution < 1.29 is 14.7 Å². The van der Waals surface area contributed by atoms with Gasteiger partial charge in [0.1, 0.15) is 0 Å². The number of aliphatic carboxylic acids is 1. The quantitative estimate of drug-likeness (QED) is 0.733. The molecule has 4 nitrogen and oxygen atoms in total. The van der Waals surface area contributed by atoms with Crippen LogP contribution in [0, 0.1) is 0 Å². The summed E-state index contributed by atoms with van der Waals surface area (Å²) in [7, 11) is 0. The molecule has 0 saturated heterocycles. The van der Waals surface area contributed by atoms with Gasteiger partial charge in [0.15, 0.2) is 5.54 Å². The van der Waals surface area contributed by atoms with Crippen LogP contribution in [0.4, 0.5) is 0 Å². The van der Waals surface area contributed by atoms with Gasteiger partial charge in [0, 0.05) is 6.54 Å². The number of hydrogen-bond donors (Lipinski definition) is 1. The number of benzene rings is 1. The van der Waals surface area contributed by atoms with Gasteiger partial charge in [-0.25, -0.2) is 4.79 Å². The van der Waals surface area contributed by atoms with E-state index in [1.165, 1.54) is 4.90 Å². The Labute approximate surface area is 114 Å². The third kappa shape index (κ3) is 2.95. The van der Waals surface area contributed by atoms with Crippen LogP contribution in [0.2, 0.25) is 0 Å². The van der Waals surface area contributed by atoms with Crippen molar-refractivity contribution in [1.29, 1.82) is 0 Å². The zero-order chi connectivity index (χ0) is 14.3. The van der Waals surface area contributed by atoms with Crippen molar-refractivity contribution in [3.63, 3.8) is 0 Å². The molecule has 1 N–H and O–H groups in total. The molecule has 1 amide bonds. The highest BCUT2D eigenvalue weighted by molar-refractivity contribution is 5.83. The van der Waals surface area contributed by atoms with Gasteiger partial charge in [0.05, 0.1) is 0 Å². The number of carboxylic acids is 1. The standard InChI is InChI=1S/C15H21NO3/c1-3-10-15(14(18)19,16(12-17)11-4-2)13-8-6-5-7-9-13/h5-9,12H,3-4,10-11H2,1-2H3,(H,18,19). The second-order valence-electron chi connectivity index (χ2n) is 4.58. The van der Waals surface area contributed by atoms with Crippen molar-refractivity contribution in [1.82, 2.24) is 4.90 Å². The minimum Gasteiger partial charge on any atom is -0.479 e. The Kier molecular flexibility index (Phi) is 5.55. The van der Waals surface area contributed by atoms with E-state index in [9.17, 15) is 14.7 Å². The summed E-state index contributed by atoms with van der Waals surface area (Å²) >= 11 is 0. The summed E-state index contributed by atoms with van der Waals surface area (Å²) in [5.74, 6) is -0.971. The van der Waals surface area contributed by atoms with E-state index in [-0.39, 0.29) is 0 Å². The number of carbonyl (C=O) groups excluding carboxylic acids is 1. The lowest BCUT2D eigenvalue weighted by Gasteiger charge is -2.38. The third-order valence-corrected chi connectivity index (χ3v) is 3.30. The summed E-state index contributed by atoms with van der Waals surface area (Å²) in [5.41, 5.74) is -0.599. The van der Waals surface area contributed by atoms with Crippen LogP contribution < -0.4 is 0 Å². The smallest absolute Gasteiger partial charge is 0.334 e. The van der Waals surface area contributed by atoms with E-state index in [0.717, 1.165) is 6.42 Å². The molecule has 1 aromatic rings. The van der Waals surface area contributed by atoms with E-state index in [2.05, 4.69) is 0 Å². The van der Waals surface area contributed by atoms with Crippen LogP contribution in [0.3, 0.4) is 0 Å². The van der Waals surface area contributed by atoms with E-state index < -0.39 is 11.5 Å². The van der Waals surface area contributed by atoms with Crippen LogP contribution in [-0.2, 0) is 15.1 Å². The van der Waals surface area contributed by atoms with Crippen LogP contribution in [0.5, 0.6) is 0 Å². The van der Waals surface area contributed by atoms with E-state index in [4.69, 9.17) is 0 Å². The summed E-state index contributed by atoms with van der Waals surface area (Å²) in [6, 6.07) is 8.99. The highest BCUT2D eigenvalue weighted by Gasteiger charge is 2.44. The van der Waals surface area contributed by atoms with Crippen LogP contribution in [-0.4, -0.2) is 28.9 Å². The molecule has 0 radical (unpaired) electrons. The van der Waals surface area contributed by atoms with E-state index >= 15 is 0 Å². The summed E-state index contributed by atoms with van der Waals surface area (Å²) in [6.45, 7) is 4.29. The number of nitrogens with zero attached hydrogens (tertiary/aromatic N) is 1. The number of rotatable bonds is 8. The first kappa shape index (κ1) is 15.2. The normalized spacial score (nSPS) is 13.6. The maximum absolute atomic E-state index is 11.9. The molecule has 0 aliphatic heterocycles. The molecule has 0 fully saturated rings. The van der Waals surface area contributed by atoms with Gasteiger partial charge in [-0.3, -0.25) is 4.79 Å². The van der Waals surface area contributed by atoms with E-state index in [1.807, 2.05) is 19.9 Å². The minimum absolute atomic E-state index is 0.408. The van der Waals surface area contributed by atoms with E-state index in [1.54, 1.807) is 24.3 Å². The molecule has 0 aliphatic rings. The van der Waals surface area contributed by atoms with Gasteiger partial charge in [-0.2, -0.15) is 0 Å². The Morgan fingerprint density at radius 2 is 1.89 bits per heavy atom. The Hall–Kier alpha value is -1.84. The first-order valence-electron chi connectivity index (χ1n) is 6.64. The Morgan fingerprint density at radius 1 is 1.26 bits per heavy atom. The van der Waals surface area contributed by atoms with Crippen molar-refractivity contribution in [2.75, 3.05) is 6.54 Å². The van der Waals surface area contributed by atoms with Gasteiger partial charge >= 0.3 is 5.97 Å².